The molecule has 0 saturated carbocycles. The van der Waals surface area contributed by atoms with Crippen LogP contribution in [0.2, 0.25) is 0 Å². The molecule has 3 aromatic carbocycles. The predicted octanol–water partition coefficient (Wildman–Crippen LogP) is 7.02. The van der Waals surface area contributed by atoms with Crippen LogP contribution in [0.1, 0.15) is 37.5 Å². The number of para-hydroxylation sites is 1. The Kier molecular flexibility index (Phi) is 3.59. The van der Waals surface area contributed by atoms with Crippen LogP contribution in [0.4, 0.5) is 0 Å². The van der Waals surface area contributed by atoms with Gasteiger partial charge >= 0.3 is 0 Å². The summed E-state index contributed by atoms with van der Waals surface area (Å²) in [6.07, 6.45) is 3.30. The standard InChI is InChI=1S/C29H29N2/c1-17-11-12-22-21-9-7-8-10-23(21)31-26-18(2)20(16-29(3,4)5)15-19-13-14-30(6)28(25(19)26)24(17)27(22)31/h7-15H,16H2,1-6H3/q+1. The lowest BCUT2D eigenvalue weighted by atomic mass is 9.84. The third kappa shape index (κ3) is 2.42. The number of rotatable bonds is 1. The number of benzene rings is 3. The Morgan fingerprint density at radius 3 is 2.42 bits per heavy atom. The first-order chi connectivity index (χ1) is 14.8. The molecule has 0 aliphatic heterocycles. The first kappa shape index (κ1) is 18.6. The van der Waals surface area contributed by atoms with Crippen molar-refractivity contribution in [2.24, 2.45) is 12.5 Å². The third-order valence-corrected chi connectivity index (χ3v) is 6.99. The van der Waals surface area contributed by atoms with E-state index in [2.05, 4.69) is 105 Å². The maximum atomic E-state index is 2.56. The fourth-order valence-corrected chi connectivity index (χ4v) is 5.69. The quantitative estimate of drug-likeness (QED) is 0.158. The average molecular weight is 406 g/mol. The Balaban J connectivity index is 2.02. The van der Waals surface area contributed by atoms with Gasteiger partial charge in [-0.2, -0.15) is 0 Å². The molecule has 0 aliphatic rings. The van der Waals surface area contributed by atoms with Gasteiger partial charge in [-0.05, 0) is 53.8 Å². The van der Waals surface area contributed by atoms with Gasteiger partial charge in [-0.15, -0.1) is 0 Å². The van der Waals surface area contributed by atoms with Gasteiger partial charge in [0, 0.05) is 16.8 Å². The highest BCUT2D eigenvalue weighted by atomic mass is 15.0. The van der Waals surface area contributed by atoms with Crippen LogP contribution in [-0.2, 0) is 13.5 Å². The summed E-state index contributed by atoms with van der Waals surface area (Å²) in [6, 6.07) is 18.2. The number of hydrogen-bond acceptors (Lipinski definition) is 0. The summed E-state index contributed by atoms with van der Waals surface area (Å²) in [5.74, 6) is 0. The highest BCUT2D eigenvalue weighted by Gasteiger charge is 2.26. The number of nitrogens with zero attached hydrogens (tertiary/aromatic N) is 2. The Hall–Kier alpha value is -3.13. The second kappa shape index (κ2) is 5.97. The highest BCUT2D eigenvalue weighted by molar-refractivity contribution is 6.26. The molecule has 0 unspecified atom stereocenters. The van der Waals surface area contributed by atoms with E-state index < -0.39 is 0 Å². The van der Waals surface area contributed by atoms with Gasteiger partial charge in [0.05, 0.1) is 27.3 Å². The minimum absolute atomic E-state index is 0.241. The lowest BCUT2D eigenvalue weighted by Crippen LogP contribution is -2.29. The van der Waals surface area contributed by atoms with Crippen molar-refractivity contribution >= 4 is 49.0 Å². The fourth-order valence-electron chi connectivity index (χ4n) is 5.69. The van der Waals surface area contributed by atoms with Crippen molar-refractivity contribution in [2.75, 3.05) is 0 Å². The molecule has 0 bridgehead atoms. The van der Waals surface area contributed by atoms with Gasteiger partial charge in [0.15, 0.2) is 6.20 Å². The van der Waals surface area contributed by atoms with Crippen LogP contribution in [-0.4, -0.2) is 4.40 Å². The lowest BCUT2D eigenvalue weighted by molar-refractivity contribution is -0.643. The van der Waals surface area contributed by atoms with E-state index in [4.69, 9.17) is 0 Å². The van der Waals surface area contributed by atoms with Crippen LogP contribution in [0.25, 0.3) is 49.0 Å². The second-order valence-electron chi connectivity index (χ2n) is 10.5. The Morgan fingerprint density at radius 1 is 0.871 bits per heavy atom. The molecule has 0 amide bonds. The van der Waals surface area contributed by atoms with Crippen molar-refractivity contribution in [3.8, 4) is 0 Å². The van der Waals surface area contributed by atoms with Gasteiger partial charge in [0.25, 0.3) is 0 Å². The van der Waals surface area contributed by atoms with Gasteiger partial charge in [-0.3, -0.25) is 0 Å². The molecular weight excluding hydrogens is 376 g/mol. The Morgan fingerprint density at radius 2 is 1.65 bits per heavy atom. The number of aromatic nitrogens is 2. The van der Waals surface area contributed by atoms with E-state index in [-0.39, 0.29) is 5.41 Å². The van der Waals surface area contributed by atoms with Gasteiger partial charge in [-0.1, -0.05) is 57.2 Å². The summed E-state index contributed by atoms with van der Waals surface area (Å²) in [4.78, 5) is 0. The van der Waals surface area contributed by atoms with Crippen molar-refractivity contribution < 1.29 is 4.57 Å². The summed E-state index contributed by atoms with van der Waals surface area (Å²) < 4.78 is 4.88. The summed E-state index contributed by atoms with van der Waals surface area (Å²) in [5.41, 5.74) is 9.81. The smallest absolute Gasteiger partial charge is 0.224 e. The molecule has 6 rings (SSSR count). The molecule has 154 valence electrons. The molecular formula is C29H29N2+. The monoisotopic (exact) mass is 405 g/mol. The zero-order valence-corrected chi connectivity index (χ0v) is 19.3. The molecule has 0 spiro atoms. The number of aryl methyl sites for hydroxylation is 3. The topological polar surface area (TPSA) is 8.29 Å². The Labute approximate surface area is 183 Å². The maximum Gasteiger partial charge on any atom is 0.224 e. The molecule has 0 atom stereocenters. The minimum atomic E-state index is 0.241. The van der Waals surface area contributed by atoms with Crippen LogP contribution in [0.5, 0.6) is 0 Å². The summed E-state index contributed by atoms with van der Waals surface area (Å²) in [5, 5.41) is 6.78. The van der Waals surface area contributed by atoms with E-state index >= 15 is 0 Å². The molecule has 3 aromatic heterocycles. The molecule has 0 N–H and O–H groups in total. The summed E-state index contributed by atoms with van der Waals surface area (Å²) in [7, 11) is 2.19. The van der Waals surface area contributed by atoms with Crippen molar-refractivity contribution in [1.82, 2.24) is 4.40 Å². The van der Waals surface area contributed by atoms with Crippen molar-refractivity contribution in [3.63, 3.8) is 0 Å². The van der Waals surface area contributed by atoms with Crippen molar-refractivity contribution in [1.29, 1.82) is 0 Å². The SMILES string of the molecule is Cc1ccc2c3ccccc3n3c4c(C)c(CC(C)(C)C)cc5cc[n+](C)c(c1c23)c54. The van der Waals surface area contributed by atoms with Crippen molar-refractivity contribution in [3.05, 3.63) is 71.4 Å². The molecule has 0 radical (unpaired) electrons. The first-order valence-corrected chi connectivity index (χ1v) is 11.2. The number of pyridine rings is 2. The molecule has 2 nitrogen and oxygen atoms in total. The molecule has 31 heavy (non-hydrogen) atoms. The molecule has 0 aliphatic carbocycles. The lowest BCUT2D eigenvalue weighted by Gasteiger charge is -2.22. The third-order valence-electron chi connectivity index (χ3n) is 6.99. The predicted molar refractivity (Wildman–Crippen MR) is 132 cm³/mol. The summed E-state index contributed by atoms with van der Waals surface area (Å²) in [6.45, 7) is 11.6. The van der Waals surface area contributed by atoms with Gasteiger partial charge < -0.3 is 4.40 Å². The van der Waals surface area contributed by atoms with Gasteiger partial charge in [0.1, 0.15) is 7.05 Å². The number of hydrogen-bond donors (Lipinski definition) is 0. The van der Waals surface area contributed by atoms with Crippen LogP contribution in [0.15, 0.2) is 54.7 Å². The molecule has 0 fully saturated rings. The van der Waals surface area contributed by atoms with Crippen molar-refractivity contribution in [2.45, 2.75) is 41.0 Å². The largest absolute Gasteiger partial charge is 0.307 e. The van der Waals surface area contributed by atoms with Gasteiger partial charge in [0.2, 0.25) is 5.52 Å². The van der Waals surface area contributed by atoms with E-state index in [0.717, 1.165) is 6.42 Å². The van der Waals surface area contributed by atoms with Crippen LogP contribution in [0.3, 0.4) is 0 Å². The van der Waals surface area contributed by atoms with E-state index in [1.807, 2.05) is 0 Å². The Bertz CT molecular complexity index is 1660. The molecule has 0 saturated heterocycles. The normalized spacial score (nSPS) is 13.0. The minimum Gasteiger partial charge on any atom is -0.307 e. The molecule has 3 heterocycles. The second-order valence-corrected chi connectivity index (χ2v) is 10.5. The average Bonchev–Trinajstić information content (AvgIpc) is 3.04. The van der Waals surface area contributed by atoms with Crippen LogP contribution in [0, 0.1) is 19.3 Å². The van der Waals surface area contributed by atoms with E-state index in [1.165, 1.54) is 65.7 Å². The first-order valence-electron chi connectivity index (χ1n) is 11.2. The number of fused-ring (bicyclic) bond motifs is 5. The zero-order valence-electron chi connectivity index (χ0n) is 19.3. The highest BCUT2D eigenvalue weighted by Crippen LogP contribution is 2.42. The molecule has 6 aromatic rings. The van der Waals surface area contributed by atoms with Crippen LogP contribution >= 0.6 is 0 Å². The fraction of sp³-hybridized carbons (Fsp3) is 0.276. The van der Waals surface area contributed by atoms with Crippen LogP contribution < -0.4 is 4.57 Å². The van der Waals surface area contributed by atoms with E-state index in [1.54, 1.807) is 0 Å². The van der Waals surface area contributed by atoms with E-state index in [9.17, 15) is 0 Å². The van der Waals surface area contributed by atoms with Gasteiger partial charge in [-0.25, -0.2) is 4.57 Å². The maximum absolute atomic E-state index is 2.56. The summed E-state index contributed by atoms with van der Waals surface area (Å²) >= 11 is 0. The molecule has 2 heteroatoms. The zero-order chi connectivity index (χ0) is 21.7. The van der Waals surface area contributed by atoms with E-state index in [0.29, 0.717) is 0 Å².